The van der Waals surface area contributed by atoms with Crippen LogP contribution in [0.1, 0.15) is 32.3 Å². The first-order chi connectivity index (χ1) is 11.7. The molecular weight excluding hydrogens is 427 g/mol. The summed E-state index contributed by atoms with van der Waals surface area (Å²) in [7, 11) is 0. The SMILES string of the molecule is CCNC(=NCc1ccnc2ccccc12)NCC1(C)CCCO1.I. The third-order valence-electron chi connectivity index (χ3n) is 4.42. The van der Waals surface area contributed by atoms with Gasteiger partial charge in [-0.05, 0) is 44.4 Å². The van der Waals surface area contributed by atoms with Gasteiger partial charge in [-0.3, -0.25) is 4.98 Å². The number of guanidine groups is 1. The highest BCUT2D eigenvalue weighted by atomic mass is 127. The van der Waals surface area contributed by atoms with Crippen LogP contribution in [-0.4, -0.2) is 36.2 Å². The van der Waals surface area contributed by atoms with Crippen LogP contribution in [0, 0.1) is 0 Å². The minimum absolute atomic E-state index is 0. The number of ether oxygens (including phenoxy) is 1. The largest absolute Gasteiger partial charge is 0.373 e. The molecule has 1 saturated heterocycles. The summed E-state index contributed by atoms with van der Waals surface area (Å²) < 4.78 is 5.84. The number of nitrogens with one attached hydrogen (secondary N) is 2. The zero-order valence-corrected chi connectivity index (χ0v) is 17.2. The summed E-state index contributed by atoms with van der Waals surface area (Å²) in [4.78, 5) is 9.14. The van der Waals surface area contributed by atoms with E-state index in [0.29, 0.717) is 6.54 Å². The summed E-state index contributed by atoms with van der Waals surface area (Å²) in [6.07, 6.45) is 4.07. The fraction of sp³-hybridized carbons (Fsp3) is 0.474. The van der Waals surface area contributed by atoms with Crippen LogP contribution in [0.25, 0.3) is 10.9 Å². The summed E-state index contributed by atoms with van der Waals surface area (Å²) in [5, 5.41) is 7.89. The third-order valence-corrected chi connectivity index (χ3v) is 4.42. The highest BCUT2D eigenvalue weighted by Gasteiger charge is 2.29. The number of hydrogen-bond donors (Lipinski definition) is 2. The molecule has 0 amide bonds. The molecule has 5 nitrogen and oxygen atoms in total. The maximum atomic E-state index is 5.84. The van der Waals surface area contributed by atoms with Gasteiger partial charge < -0.3 is 15.4 Å². The van der Waals surface area contributed by atoms with Gasteiger partial charge in [-0.2, -0.15) is 0 Å². The number of pyridine rings is 1. The van der Waals surface area contributed by atoms with Gasteiger partial charge >= 0.3 is 0 Å². The number of aromatic nitrogens is 1. The van der Waals surface area contributed by atoms with Gasteiger partial charge in [0, 0.05) is 31.3 Å². The van der Waals surface area contributed by atoms with E-state index in [4.69, 9.17) is 9.73 Å². The monoisotopic (exact) mass is 454 g/mol. The number of rotatable bonds is 5. The van der Waals surface area contributed by atoms with E-state index in [2.05, 4.69) is 35.5 Å². The van der Waals surface area contributed by atoms with Crippen molar-refractivity contribution >= 4 is 40.8 Å². The molecular formula is C19H27IN4O. The van der Waals surface area contributed by atoms with Gasteiger partial charge in [-0.1, -0.05) is 18.2 Å². The number of halogens is 1. The van der Waals surface area contributed by atoms with Gasteiger partial charge in [0.15, 0.2) is 5.96 Å². The molecule has 0 radical (unpaired) electrons. The number of nitrogens with zero attached hydrogens (tertiary/aromatic N) is 2. The lowest BCUT2D eigenvalue weighted by Crippen LogP contribution is -2.45. The second-order valence-corrected chi connectivity index (χ2v) is 6.44. The maximum absolute atomic E-state index is 5.84. The van der Waals surface area contributed by atoms with Crippen LogP contribution in [0.3, 0.4) is 0 Å². The topological polar surface area (TPSA) is 58.5 Å². The maximum Gasteiger partial charge on any atom is 0.191 e. The average Bonchev–Trinajstić information content (AvgIpc) is 3.04. The van der Waals surface area contributed by atoms with E-state index in [1.807, 2.05) is 30.5 Å². The molecule has 0 bridgehead atoms. The van der Waals surface area contributed by atoms with Gasteiger partial charge in [0.25, 0.3) is 0 Å². The minimum Gasteiger partial charge on any atom is -0.373 e. The average molecular weight is 454 g/mol. The second kappa shape index (κ2) is 9.33. The van der Waals surface area contributed by atoms with Crippen LogP contribution in [-0.2, 0) is 11.3 Å². The molecule has 0 spiro atoms. The minimum atomic E-state index is -0.0838. The van der Waals surface area contributed by atoms with E-state index < -0.39 is 0 Å². The first kappa shape index (κ1) is 19.9. The highest BCUT2D eigenvalue weighted by molar-refractivity contribution is 14.0. The zero-order chi connectivity index (χ0) is 16.8. The number of para-hydroxylation sites is 1. The Kier molecular flexibility index (Phi) is 7.43. The molecule has 1 fully saturated rings. The van der Waals surface area contributed by atoms with E-state index in [-0.39, 0.29) is 29.6 Å². The fourth-order valence-corrected chi connectivity index (χ4v) is 3.05. The Bertz CT molecular complexity index is 708. The lowest BCUT2D eigenvalue weighted by molar-refractivity contribution is 0.0243. The van der Waals surface area contributed by atoms with Crippen LogP contribution in [0.15, 0.2) is 41.5 Å². The summed E-state index contributed by atoms with van der Waals surface area (Å²) in [5.41, 5.74) is 2.11. The lowest BCUT2D eigenvalue weighted by Gasteiger charge is -2.24. The predicted octanol–water partition coefficient (Wildman–Crippen LogP) is 3.48. The van der Waals surface area contributed by atoms with Gasteiger partial charge in [0.2, 0.25) is 0 Å². The molecule has 2 heterocycles. The molecule has 136 valence electrons. The van der Waals surface area contributed by atoms with Crippen molar-refractivity contribution < 1.29 is 4.74 Å². The Morgan fingerprint density at radius 3 is 2.88 bits per heavy atom. The molecule has 2 aromatic rings. The Hall–Kier alpha value is -1.41. The van der Waals surface area contributed by atoms with Crippen molar-refractivity contribution in [2.24, 2.45) is 4.99 Å². The van der Waals surface area contributed by atoms with Gasteiger partial charge in [-0.25, -0.2) is 4.99 Å². The van der Waals surface area contributed by atoms with E-state index in [1.165, 1.54) is 5.56 Å². The highest BCUT2D eigenvalue weighted by Crippen LogP contribution is 2.23. The normalized spacial score (nSPS) is 20.3. The van der Waals surface area contributed by atoms with Crippen molar-refractivity contribution in [2.75, 3.05) is 19.7 Å². The van der Waals surface area contributed by atoms with E-state index in [1.54, 1.807) is 0 Å². The Labute approximate surface area is 166 Å². The molecule has 1 unspecified atom stereocenters. The van der Waals surface area contributed by atoms with Crippen LogP contribution >= 0.6 is 24.0 Å². The fourth-order valence-electron chi connectivity index (χ4n) is 3.05. The molecule has 6 heteroatoms. The molecule has 1 aromatic heterocycles. The molecule has 1 aliphatic rings. The van der Waals surface area contributed by atoms with Gasteiger partial charge in [-0.15, -0.1) is 24.0 Å². The first-order valence-corrected chi connectivity index (χ1v) is 8.69. The van der Waals surface area contributed by atoms with Crippen molar-refractivity contribution in [1.82, 2.24) is 15.6 Å². The number of fused-ring (bicyclic) bond motifs is 1. The van der Waals surface area contributed by atoms with Crippen molar-refractivity contribution in [3.63, 3.8) is 0 Å². The molecule has 1 aliphatic heterocycles. The first-order valence-electron chi connectivity index (χ1n) is 8.69. The van der Waals surface area contributed by atoms with Crippen molar-refractivity contribution in [2.45, 2.75) is 38.8 Å². The Balaban J connectivity index is 0.00000225. The van der Waals surface area contributed by atoms with Gasteiger partial charge in [0.05, 0.1) is 17.7 Å². The predicted molar refractivity (Wildman–Crippen MR) is 114 cm³/mol. The Morgan fingerprint density at radius 1 is 1.28 bits per heavy atom. The molecule has 1 atom stereocenters. The van der Waals surface area contributed by atoms with E-state index >= 15 is 0 Å². The molecule has 2 N–H and O–H groups in total. The molecule has 3 rings (SSSR count). The van der Waals surface area contributed by atoms with E-state index in [0.717, 1.165) is 49.4 Å². The van der Waals surface area contributed by atoms with Crippen LogP contribution in [0.4, 0.5) is 0 Å². The summed E-state index contributed by atoms with van der Waals surface area (Å²) in [5.74, 6) is 0.829. The van der Waals surface area contributed by atoms with Crippen LogP contribution in [0.5, 0.6) is 0 Å². The number of aliphatic imine (C=N–C) groups is 1. The van der Waals surface area contributed by atoms with Crippen molar-refractivity contribution in [3.8, 4) is 0 Å². The number of benzene rings is 1. The molecule has 25 heavy (non-hydrogen) atoms. The zero-order valence-electron chi connectivity index (χ0n) is 14.9. The lowest BCUT2D eigenvalue weighted by atomic mass is 10.0. The second-order valence-electron chi connectivity index (χ2n) is 6.44. The smallest absolute Gasteiger partial charge is 0.191 e. The summed E-state index contributed by atoms with van der Waals surface area (Å²) >= 11 is 0. The van der Waals surface area contributed by atoms with E-state index in [9.17, 15) is 0 Å². The summed E-state index contributed by atoms with van der Waals surface area (Å²) in [6, 6.07) is 10.2. The quantitative estimate of drug-likeness (QED) is 0.413. The molecule has 0 saturated carbocycles. The van der Waals surface area contributed by atoms with Crippen molar-refractivity contribution in [3.05, 3.63) is 42.1 Å². The molecule has 0 aliphatic carbocycles. The summed E-state index contributed by atoms with van der Waals surface area (Å²) in [6.45, 7) is 7.32. The van der Waals surface area contributed by atoms with Crippen LogP contribution in [0.2, 0.25) is 0 Å². The number of hydrogen-bond acceptors (Lipinski definition) is 3. The molecule has 1 aromatic carbocycles. The standard InChI is InChI=1S/C19H26N4O.HI/c1-3-20-18(23-14-19(2)10-6-12-24-19)22-13-15-9-11-21-17-8-5-4-7-16(15)17;/h4-5,7-9,11H,3,6,10,12-14H2,1-2H3,(H2,20,22,23);1H. The third kappa shape index (κ3) is 5.28. The van der Waals surface area contributed by atoms with Crippen LogP contribution < -0.4 is 10.6 Å². The Morgan fingerprint density at radius 2 is 2.12 bits per heavy atom. The van der Waals surface area contributed by atoms with Gasteiger partial charge in [0.1, 0.15) is 0 Å². The van der Waals surface area contributed by atoms with Crippen molar-refractivity contribution in [1.29, 1.82) is 0 Å².